The van der Waals surface area contributed by atoms with Crippen LogP contribution in [0.4, 0.5) is 5.82 Å². The number of ether oxygens (including phenoxy) is 2. The summed E-state index contributed by atoms with van der Waals surface area (Å²) in [6.07, 6.45) is 1.62. The van der Waals surface area contributed by atoms with Gasteiger partial charge in [-0.3, -0.25) is 4.79 Å². The largest absolute Gasteiger partial charge is 0.497 e. The lowest BCUT2D eigenvalue weighted by Crippen LogP contribution is -2.51. The number of hydrogen-bond acceptors (Lipinski definition) is 7. The predicted molar refractivity (Wildman–Crippen MR) is 123 cm³/mol. The molecule has 172 valence electrons. The second-order valence-corrected chi connectivity index (χ2v) is 8.71. The molecular formula is C24H33N5O3. The van der Waals surface area contributed by atoms with E-state index in [0.29, 0.717) is 32.3 Å². The highest BCUT2D eigenvalue weighted by Gasteiger charge is 2.32. The number of carbonyl (C=O) groups excluding carboxylic acids is 1. The Labute approximate surface area is 189 Å². The van der Waals surface area contributed by atoms with Crippen LogP contribution in [-0.2, 0) is 16.1 Å². The molecule has 0 bridgehead atoms. The van der Waals surface area contributed by atoms with Crippen molar-refractivity contribution in [2.45, 2.75) is 45.4 Å². The first kappa shape index (κ1) is 22.5. The van der Waals surface area contributed by atoms with Gasteiger partial charge in [0.05, 0.1) is 31.4 Å². The summed E-state index contributed by atoms with van der Waals surface area (Å²) in [5.74, 6) is 1.67. The van der Waals surface area contributed by atoms with Gasteiger partial charge in [0.2, 0.25) is 5.91 Å². The maximum absolute atomic E-state index is 13.5. The van der Waals surface area contributed by atoms with Crippen LogP contribution in [0.25, 0.3) is 0 Å². The molecule has 0 radical (unpaired) electrons. The topological polar surface area (TPSA) is 79.8 Å². The van der Waals surface area contributed by atoms with Gasteiger partial charge < -0.3 is 24.6 Å². The fourth-order valence-corrected chi connectivity index (χ4v) is 4.39. The maximum atomic E-state index is 13.5. The number of methoxy groups -OCH3 is 1. The second-order valence-electron chi connectivity index (χ2n) is 8.71. The summed E-state index contributed by atoms with van der Waals surface area (Å²) in [5.41, 5.74) is 3.07. The summed E-state index contributed by atoms with van der Waals surface area (Å²) >= 11 is 0. The monoisotopic (exact) mass is 439 g/mol. The van der Waals surface area contributed by atoms with Crippen LogP contribution in [0.2, 0.25) is 0 Å². The van der Waals surface area contributed by atoms with Crippen LogP contribution in [0.5, 0.6) is 5.75 Å². The van der Waals surface area contributed by atoms with Gasteiger partial charge in [0.15, 0.2) is 0 Å². The lowest BCUT2D eigenvalue weighted by atomic mass is 9.96. The number of carbonyl (C=O) groups is 1. The quantitative estimate of drug-likeness (QED) is 0.710. The van der Waals surface area contributed by atoms with Gasteiger partial charge >= 0.3 is 0 Å². The van der Waals surface area contributed by atoms with E-state index in [9.17, 15) is 4.79 Å². The Morgan fingerprint density at radius 2 is 1.91 bits per heavy atom. The molecule has 3 heterocycles. The third-order valence-corrected chi connectivity index (χ3v) is 6.26. The molecule has 1 amide bonds. The van der Waals surface area contributed by atoms with E-state index in [4.69, 9.17) is 9.47 Å². The number of benzene rings is 1. The van der Waals surface area contributed by atoms with Crippen molar-refractivity contribution < 1.29 is 14.3 Å². The van der Waals surface area contributed by atoms with Gasteiger partial charge in [-0.1, -0.05) is 26.0 Å². The SMILES string of the molecule is COc1ccc(C(CNC(C)C)C(=O)N2CCN(c3ncnc4c3[C@H](C)OC4)CC2)cc1. The first-order valence-corrected chi connectivity index (χ1v) is 11.3. The van der Waals surface area contributed by atoms with Gasteiger partial charge in [0.1, 0.15) is 17.9 Å². The molecule has 1 saturated heterocycles. The first-order valence-electron chi connectivity index (χ1n) is 11.3. The van der Waals surface area contributed by atoms with Crippen LogP contribution in [0.1, 0.15) is 49.6 Å². The Morgan fingerprint density at radius 1 is 1.19 bits per heavy atom. The standard InChI is InChI=1S/C24H33N5O3/c1-16(2)25-13-20(18-5-7-19(31-4)8-6-18)24(30)29-11-9-28(10-12-29)23-22-17(3)32-14-21(22)26-15-27-23/h5-8,15-17,20,25H,9-14H2,1-4H3/t17-,20?/m0/s1. The molecule has 2 aliphatic heterocycles. The molecule has 1 N–H and O–H groups in total. The van der Waals surface area contributed by atoms with Gasteiger partial charge in [-0.15, -0.1) is 0 Å². The normalized spacial score (nSPS) is 19.2. The minimum absolute atomic E-state index is 0.00224. The molecule has 32 heavy (non-hydrogen) atoms. The lowest BCUT2D eigenvalue weighted by molar-refractivity contribution is -0.133. The zero-order chi connectivity index (χ0) is 22.7. The Balaban J connectivity index is 1.46. The predicted octanol–water partition coefficient (Wildman–Crippen LogP) is 2.51. The van der Waals surface area contributed by atoms with Crippen molar-refractivity contribution in [1.29, 1.82) is 0 Å². The average molecular weight is 440 g/mol. The molecule has 1 aromatic heterocycles. The van der Waals surface area contributed by atoms with Gasteiger partial charge in [0.25, 0.3) is 0 Å². The fraction of sp³-hybridized carbons (Fsp3) is 0.542. The van der Waals surface area contributed by atoms with Crippen LogP contribution < -0.4 is 15.0 Å². The lowest BCUT2D eigenvalue weighted by Gasteiger charge is -2.38. The molecule has 4 rings (SSSR count). The number of aromatic nitrogens is 2. The Hall–Kier alpha value is -2.71. The maximum Gasteiger partial charge on any atom is 0.231 e. The third-order valence-electron chi connectivity index (χ3n) is 6.26. The molecule has 1 fully saturated rings. The molecular weight excluding hydrogens is 406 g/mol. The summed E-state index contributed by atoms with van der Waals surface area (Å²) < 4.78 is 11.0. The van der Waals surface area contributed by atoms with Gasteiger partial charge in [-0.25, -0.2) is 9.97 Å². The summed E-state index contributed by atoms with van der Waals surface area (Å²) in [7, 11) is 1.65. The molecule has 1 aromatic carbocycles. The molecule has 2 atom stereocenters. The number of amides is 1. The van der Waals surface area contributed by atoms with Crippen LogP contribution >= 0.6 is 0 Å². The van der Waals surface area contributed by atoms with Crippen molar-refractivity contribution in [3.63, 3.8) is 0 Å². The number of hydrogen-bond donors (Lipinski definition) is 1. The van der Waals surface area contributed by atoms with Gasteiger partial charge in [0, 0.05) is 44.3 Å². The Kier molecular flexibility index (Phi) is 6.91. The number of fused-ring (bicyclic) bond motifs is 1. The molecule has 2 aliphatic rings. The van der Waals surface area contributed by atoms with E-state index < -0.39 is 0 Å². The molecule has 0 spiro atoms. The van der Waals surface area contributed by atoms with E-state index in [2.05, 4.69) is 34.0 Å². The van der Waals surface area contributed by atoms with Crippen LogP contribution in [0.3, 0.4) is 0 Å². The summed E-state index contributed by atoms with van der Waals surface area (Å²) in [6, 6.07) is 8.13. The van der Waals surface area contributed by atoms with E-state index in [0.717, 1.165) is 41.5 Å². The Bertz CT molecular complexity index is 926. The van der Waals surface area contributed by atoms with E-state index in [-0.39, 0.29) is 17.9 Å². The van der Waals surface area contributed by atoms with Crippen molar-refractivity contribution >= 4 is 11.7 Å². The van der Waals surface area contributed by atoms with E-state index in [1.54, 1.807) is 13.4 Å². The van der Waals surface area contributed by atoms with E-state index >= 15 is 0 Å². The highest BCUT2D eigenvalue weighted by molar-refractivity contribution is 5.84. The van der Waals surface area contributed by atoms with Crippen molar-refractivity contribution in [3.8, 4) is 5.75 Å². The van der Waals surface area contributed by atoms with E-state index in [1.807, 2.05) is 36.1 Å². The first-order chi connectivity index (χ1) is 15.5. The molecule has 2 aromatic rings. The van der Waals surface area contributed by atoms with Crippen molar-refractivity contribution in [2.75, 3.05) is 44.7 Å². The highest BCUT2D eigenvalue weighted by Crippen LogP contribution is 2.35. The molecule has 0 saturated carbocycles. The Morgan fingerprint density at radius 3 is 2.56 bits per heavy atom. The average Bonchev–Trinajstić information content (AvgIpc) is 3.20. The fourth-order valence-electron chi connectivity index (χ4n) is 4.39. The third kappa shape index (κ3) is 4.71. The molecule has 8 nitrogen and oxygen atoms in total. The van der Waals surface area contributed by atoms with Crippen molar-refractivity contribution in [2.24, 2.45) is 0 Å². The van der Waals surface area contributed by atoms with Crippen LogP contribution in [0.15, 0.2) is 30.6 Å². The number of nitrogens with zero attached hydrogens (tertiary/aromatic N) is 4. The number of nitrogens with one attached hydrogen (secondary N) is 1. The molecule has 0 aliphatic carbocycles. The van der Waals surface area contributed by atoms with Crippen molar-refractivity contribution in [1.82, 2.24) is 20.2 Å². The second kappa shape index (κ2) is 9.83. The smallest absolute Gasteiger partial charge is 0.231 e. The zero-order valence-corrected chi connectivity index (χ0v) is 19.4. The van der Waals surface area contributed by atoms with Crippen LogP contribution in [0, 0.1) is 0 Å². The summed E-state index contributed by atoms with van der Waals surface area (Å²) in [6.45, 7) is 10.2. The summed E-state index contributed by atoms with van der Waals surface area (Å²) in [5, 5.41) is 3.44. The van der Waals surface area contributed by atoms with Crippen LogP contribution in [-0.4, -0.2) is 66.7 Å². The number of piperazine rings is 1. The molecule has 8 heteroatoms. The van der Waals surface area contributed by atoms with E-state index in [1.165, 1.54) is 0 Å². The summed E-state index contributed by atoms with van der Waals surface area (Å²) in [4.78, 5) is 26.7. The zero-order valence-electron chi connectivity index (χ0n) is 19.4. The van der Waals surface area contributed by atoms with Gasteiger partial charge in [-0.2, -0.15) is 0 Å². The molecule has 1 unspecified atom stereocenters. The van der Waals surface area contributed by atoms with Crippen molar-refractivity contribution in [3.05, 3.63) is 47.4 Å². The van der Waals surface area contributed by atoms with Gasteiger partial charge in [-0.05, 0) is 24.6 Å². The minimum atomic E-state index is -0.230. The number of anilines is 1. The number of rotatable bonds is 7. The minimum Gasteiger partial charge on any atom is -0.497 e. The highest BCUT2D eigenvalue weighted by atomic mass is 16.5.